The highest BCUT2D eigenvalue weighted by atomic mass is 16.5. The maximum atomic E-state index is 12.0. The molecule has 0 aliphatic heterocycles. The summed E-state index contributed by atoms with van der Waals surface area (Å²) in [5.41, 5.74) is 1.62. The molecular weight excluding hydrogens is 364 g/mol. The number of esters is 2. The molecule has 0 aliphatic rings. The van der Waals surface area contributed by atoms with Crippen molar-refractivity contribution in [2.24, 2.45) is 0 Å². The van der Waals surface area contributed by atoms with E-state index in [1.807, 2.05) is 0 Å². The van der Waals surface area contributed by atoms with Gasteiger partial charge in [0, 0.05) is 18.0 Å². The molecule has 0 radical (unpaired) electrons. The fourth-order valence-corrected chi connectivity index (χ4v) is 2.30. The molecule has 0 bridgehead atoms. The Bertz CT molecular complexity index is 1010. The van der Waals surface area contributed by atoms with E-state index in [0.717, 1.165) is 11.6 Å². The van der Waals surface area contributed by atoms with Gasteiger partial charge in [-0.25, -0.2) is 9.59 Å². The Kier molecular flexibility index (Phi) is 5.75. The molecule has 0 unspecified atom stereocenters. The van der Waals surface area contributed by atoms with Gasteiger partial charge in [0.25, 0.3) is 0 Å². The largest absolute Gasteiger partial charge is 0.466 e. The Labute approximate surface area is 160 Å². The van der Waals surface area contributed by atoms with E-state index in [4.69, 9.17) is 9.15 Å². The summed E-state index contributed by atoms with van der Waals surface area (Å²) < 4.78 is 15.0. The monoisotopic (exact) mass is 380 g/mol. The third kappa shape index (κ3) is 4.21. The molecule has 3 rings (SSSR count). The van der Waals surface area contributed by atoms with Crippen LogP contribution >= 0.6 is 0 Å². The number of hydrogen-bond donors (Lipinski definition) is 1. The van der Waals surface area contributed by atoms with Gasteiger partial charge < -0.3 is 19.2 Å². The lowest BCUT2D eigenvalue weighted by Crippen LogP contribution is -2.15. The fraction of sp³-hybridized carbons (Fsp3) is 0.105. The van der Waals surface area contributed by atoms with E-state index in [9.17, 15) is 9.59 Å². The highest BCUT2D eigenvalue weighted by molar-refractivity contribution is 5.99. The Morgan fingerprint density at radius 1 is 1.00 bits per heavy atom. The van der Waals surface area contributed by atoms with Gasteiger partial charge >= 0.3 is 11.9 Å². The number of rotatable bonds is 6. The number of benzene rings is 1. The number of aromatic nitrogens is 3. The smallest absolute Gasteiger partial charge is 0.354 e. The first-order valence-electron chi connectivity index (χ1n) is 8.10. The van der Waals surface area contributed by atoms with E-state index < -0.39 is 11.9 Å². The molecule has 9 heteroatoms. The Morgan fingerprint density at radius 2 is 1.71 bits per heavy atom. The number of methoxy groups -OCH3 is 2. The third-order valence-corrected chi connectivity index (χ3v) is 3.65. The first-order valence-corrected chi connectivity index (χ1v) is 8.10. The molecule has 0 aliphatic carbocycles. The van der Waals surface area contributed by atoms with Crippen LogP contribution in [-0.4, -0.2) is 41.3 Å². The van der Waals surface area contributed by atoms with Gasteiger partial charge in [-0.3, -0.25) is 4.98 Å². The van der Waals surface area contributed by atoms with Crippen LogP contribution < -0.4 is 5.32 Å². The van der Waals surface area contributed by atoms with Gasteiger partial charge in [-0.2, -0.15) is 0 Å². The van der Waals surface area contributed by atoms with Crippen LogP contribution in [0.4, 0.5) is 5.69 Å². The van der Waals surface area contributed by atoms with Crippen LogP contribution in [0.25, 0.3) is 22.9 Å². The molecule has 1 N–H and O–H groups in total. The predicted molar refractivity (Wildman–Crippen MR) is 98.7 cm³/mol. The average molecular weight is 380 g/mol. The molecule has 0 amide bonds. The summed E-state index contributed by atoms with van der Waals surface area (Å²) in [5.74, 6) is -0.881. The van der Waals surface area contributed by atoms with Crippen molar-refractivity contribution in [2.75, 3.05) is 19.5 Å². The van der Waals surface area contributed by atoms with Crippen molar-refractivity contribution in [3.05, 3.63) is 60.6 Å². The molecule has 142 valence electrons. The van der Waals surface area contributed by atoms with E-state index in [2.05, 4.69) is 25.2 Å². The van der Waals surface area contributed by atoms with Crippen molar-refractivity contribution in [2.45, 2.75) is 0 Å². The highest BCUT2D eigenvalue weighted by Gasteiger charge is 2.18. The molecule has 0 fully saturated rings. The Hall–Kier alpha value is -4.01. The molecule has 3 aromatic rings. The summed E-state index contributed by atoms with van der Waals surface area (Å²) in [7, 11) is 2.42. The first-order chi connectivity index (χ1) is 13.6. The van der Waals surface area contributed by atoms with Crippen molar-refractivity contribution in [1.29, 1.82) is 0 Å². The summed E-state index contributed by atoms with van der Waals surface area (Å²) in [6, 6.07) is 10.4. The number of para-hydroxylation sites is 1. The van der Waals surface area contributed by atoms with Gasteiger partial charge in [-0.1, -0.05) is 12.1 Å². The normalized spacial score (nSPS) is 11.0. The van der Waals surface area contributed by atoms with Crippen LogP contribution in [0.1, 0.15) is 0 Å². The van der Waals surface area contributed by atoms with E-state index in [-0.39, 0.29) is 11.6 Å². The van der Waals surface area contributed by atoms with Crippen molar-refractivity contribution in [1.82, 2.24) is 15.2 Å². The summed E-state index contributed by atoms with van der Waals surface area (Å²) in [5, 5.41) is 11.0. The lowest BCUT2D eigenvalue weighted by molar-refractivity contribution is -0.138. The Morgan fingerprint density at radius 3 is 2.43 bits per heavy atom. The fourth-order valence-electron chi connectivity index (χ4n) is 2.30. The molecule has 28 heavy (non-hydrogen) atoms. The van der Waals surface area contributed by atoms with Crippen LogP contribution in [-0.2, 0) is 19.1 Å². The minimum absolute atomic E-state index is 0.101. The zero-order valence-corrected chi connectivity index (χ0v) is 15.1. The van der Waals surface area contributed by atoms with Crippen LogP contribution in [0.5, 0.6) is 0 Å². The number of nitrogens with one attached hydrogen (secondary N) is 1. The molecule has 2 heterocycles. The molecule has 0 spiro atoms. The number of carbonyl (C=O) groups is 2. The standard InChI is InChI=1S/C19H16N4O5/c1-26-16(24)11-15(19(25)27-2)21-14-6-4-3-5-13(14)18-23-22-17(28-18)12-7-9-20-10-8-12/h3-11,21H,1-2H3/b15-11+. The van der Waals surface area contributed by atoms with Crippen LogP contribution in [0.15, 0.2) is 65.0 Å². The average Bonchev–Trinajstić information content (AvgIpc) is 3.23. The summed E-state index contributed by atoms with van der Waals surface area (Å²) in [6.07, 6.45) is 4.24. The minimum atomic E-state index is -0.733. The van der Waals surface area contributed by atoms with Crippen molar-refractivity contribution >= 4 is 17.6 Å². The molecule has 0 saturated heterocycles. The second kappa shape index (κ2) is 8.58. The quantitative estimate of drug-likeness (QED) is 0.508. The van der Waals surface area contributed by atoms with Crippen molar-refractivity contribution in [3.8, 4) is 22.9 Å². The minimum Gasteiger partial charge on any atom is -0.466 e. The number of hydrogen-bond acceptors (Lipinski definition) is 9. The summed E-state index contributed by atoms with van der Waals surface area (Å²) in [4.78, 5) is 27.5. The van der Waals surface area contributed by atoms with Crippen LogP contribution in [0.2, 0.25) is 0 Å². The van der Waals surface area contributed by atoms with Gasteiger partial charge in [0.05, 0.1) is 31.5 Å². The van der Waals surface area contributed by atoms with Gasteiger partial charge in [0.1, 0.15) is 5.70 Å². The zero-order valence-electron chi connectivity index (χ0n) is 15.1. The SMILES string of the molecule is COC(=O)/C=C(/Nc1ccccc1-c1nnc(-c2ccncc2)o1)C(=O)OC. The lowest BCUT2D eigenvalue weighted by atomic mass is 10.1. The lowest BCUT2D eigenvalue weighted by Gasteiger charge is -2.11. The maximum absolute atomic E-state index is 12.0. The number of ether oxygens (including phenoxy) is 2. The van der Waals surface area contributed by atoms with Gasteiger partial charge in [0.2, 0.25) is 11.8 Å². The van der Waals surface area contributed by atoms with Gasteiger partial charge in [-0.15, -0.1) is 10.2 Å². The summed E-state index contributed by atoms with van der Waals surface area (Å²) >= 11 is 0. The molecule has 9 nitrogen and oxygen atoms in total. The second-order valence-electron chi connectivity index (χ2n) is 5.39. The molecular formula is C19H16N4O5. The van der Waals surface area contributed by atoms with E-state index in [0.29, 0.717) is 17.1 Å². The van der Waals surface area contributed by atoms with Gasteiger partial charge in [-0.05, 0) is 24.3 Å². The molecule has 1 aromatic carbocycles. The van der Waals surface area contributed by atoms with E-state index in [1.54, 1.807) is 48.8 Å². The van der Waals surface area contributed by atoms with Crippen molar-refractivity contribution in [3.63, 3.8) is 0 Å². The number of pyridine rings is 1. The summed E-state index contributed by atoms with van der Waals surface area (Å²) in [6.45, 7) is 0. The molecule has 0 atom stereocenters. The highest BCUT2D eigenvalue weighted by Crippen LogP contribution is 2.30. The number of carbonyl (C=O) groups excluding carboxylic acids is 2. The topological polar surface area (TPSA) is 116 Å². The predicted octanol–water partition coefficient (Wildman–Crippen LogP) is 2.44. The third-order valence-electron chi connectivity index (χ3n) is 3.65. The Balaban J connectivity index is 1.95. The number of nitrogens with zero attached hydrogens (tertiary/aromatic N) is 3. The van der Waals surface area contributed by atoms with E-state index in [1.165, 1.54) is 14.2 Å². The van der Waals surface area contributed by atoms with Crippen LogP contribution in [0.3, 0.4) is 0 Å². The first kappa shape index (κ1) is 18.8. The van der Waals surface area contributed by atoms with Crippen LogP contribution in [0, 0.1) is 0 Å². The number of anilines is 1. The molecule has 2 aromatic heterocycles. The van der Waals surface area contributed by atoms with Crippen molar-refractivity contribution < 1.29 is 23.5 Å². The zero-order chi connectivity index (χ0) is 19.9. The van der Waals surface area contributed by atoms with Gasteiger partial charge in [0.15, 0.2) is 0 Å². The molecule has 0 saturated carbocycles. The van der Waals surface area contributed by atoms with E-state index >= 15 is 0 Å². The second-order valence-corrected chi connectivity index (χ2v) is 5.39. The maximum Gasteiger partial charge on any atom is 0.354 e.